The number of carbonyl (C=O) groups excluding carboxylic acids is 1. The third-order valence-electron chi connectivity index (χ3n) is 2.76. The highest BCUT2D eigenvalue weighted by atomic mass is 35.5. The molecule has 18 heavy (non-hydrogen) atoms. The summed E-state index contributed by atoms with van der Waals surface area (Å²) in [6.07, 6.45) is 0.529. The zero-order valence-electron chi connectivity index (χ0n) is 10.5. The van der Waals surface area contributed by atoms with Gasteiger partial charge < -0.3 is 10.4 Å². The molecule has 0 fully saturated rings. The second-order valence-electron chi connectivity index (χ2n) is 4.50. The molecule has 1 amide bonds. The van der Waals surface area contributed by atoms with E-state index in [1.807, 2.05) is 13.8 Å². The highest BCUT2D eigenvalue weighted by Gasteiger charge is 2.18. The van der Waals surface area contributed by atoms with E-state index >= 15 is 0 Å². The van der Waals surface area contributed by atoms with Crippen LogP contribution in [0.2, 0.25) is 5.02 Å². The van der Waals surface area contributed by atoms with Gasteiger partial charge in [-0.25, -0.2) is 0 Å². The lowest BCUT2D eigenvalue weighted by atomic mass is 10.0. The Balaban J connectivity index is 2.83. The number of aliphatic hydroxyl groups excluding tert-OH is 1. The highest BCUT2D eigenvalue weighted by molar-refractivity contribution is 7.80. The summed E-state index contributed by atoms with van der Waals surface area (Å²) in [7, 11) is 0. The second-order valence-corrected chi connectivity index (χ2v) is 5.42. The van der Waals surface area contributed by atoms with Gasteiger partial charge in [0.25, 0.3) is 5.91 Å². The van der Waals surface area contributed by atoms with Crippen LogP contribution < -0.4 is 5.32 Å². The summed E-state index contributed by atoms with van der Waals surface area (Å²) in [5.41, 5.74) is 0.410. The van der Waals surface area contributed by atoms with Crippen LogP contribution in [0.1, 0.15) is 30.6 Å². The quantitative estimate of drug-likeness (QED) is 0.730. The van der Waals surface area contributed by atoms with Gasteiger partial charge in [0.05, 0.1) is 10.6 Å². The molecule has 0 aliphatic heterocycles. The molecule has 1 rings (SSSR count). The third kappa shape index (κ3) is 4.19. The molecule has 0 aliphatic rings. The monoisotopic (exact) mass is 287 g/mol. The Labute approximate surface area is 118 Å². The van der Waals surface area contributed by atoms with Crippen molar-refractivity contribution in [1.29, 1.82) is 0 Å². The molecule has 0 aliphatic carbocycles. The van der Waals surface area contributed by atoms with Crippen molar-refractivity contribution in [2.45, 2.75) is 31.2 Å². The molecular formula is C13H18ClNO2S. The maximum absolute atomic E-state index is 12.1. The molecule has 100 valence electrons. The first-order valence-electron chi connectivity index (χ1n) is 5.86. The van der Waals surface area contributed by atoms with Crippen molar-refractivity contribution >= 4 is 30.1 Å². The Morgan fingerprint density at radius 3 is 2.72 bits per heavy atom. The summed E-state index contributed by atoms with van der Waals surface area (Å²) in [5.74, 6) is 0.0158. The molecule has 0 radical (unpaired) electrons. The van der Waals surface area contributed by atoms with Crippen LogP contribution in [-0.2, 0) is 0 Å². The van der Waals surface area contributed by atoms with Gasteiger partial charge in [0, 0.05) is 17.5 Å². The molecule has 0 saturated carbocycles. The molecule has 2 N–H and O–H groups in total. The van der Waals surface area contributed by atoms with Crippen molar-refractivity contribution in [2.24, 2.45) is 5.92 Å². The smallest absolute Gasteiger partial charge is 0.253 e. The van der Waals surface area contributed by atoms with E-state index in [9.17, 15) is 4.79 Å². The molecule has 1 aromatic rings. The number of aliphatic hydroxyl groups is 1. The summed E-state index contributed by atoms with van der Waals surface area (Å²) < 4.78 is 0. The van der Waals surface area contributed by atoms with E-state index in [2.05, 4.69) is 17.9 Å². The van der Waals surface area contributed by atoms with Gasteiger partial charge in [0.1, 0.15) is 0 Å². The average Bonchev–Trinajstić information content (AvgIpc) is 2.31. The molecular weight excluding hydrogens is 270 g/mol. The van der Waals surface area contributed by atoms with Gasteiger partial charge in [-0.2, -0.15) is 0 Å². The first-order valence-corrected chi connectivity index (χ1v) is 6.68. The molecule has 1 aromatic carbocycles. The first kappa shape index (κ1) is 15.3. The van der Waals surface area contributed by atoms with Crippen LogP contribution in [0.5, 0.6) is 0 Å². The van der Waals surface area contributed by atoms with E-state index in [4.69, 9.17) is 16.7 Å². The van der Waals surface area contributed by atoms with Crippen LogP contribution in [0.25, 0.3) is 0 Å². The molecule has 0 heterocycles. The van der Waals surface area contributed by atoms with Crippen LogP contribution in [0.3, 0.4) is 0 Å². The van der Waals surface area contributed by atoms with Crippen LogP contribution in [0.4, 0.5) is 0 Å². The Bertz CT molecular complexity index is 423. The maximum atomic E-state index is 12.1. The lowest BCUT2D eigenvalue weighted by Crippen LogP contribution is -2.39. The van der Waals surface area contributed by atoms with Gasteiger partial charge in [0.15, 0.2) is 0 Å². The summed E-state index contributed by atoms with van der Waals surface area (Å²) >= 11 is 10.2. The molecule has 5 heteroatoms. The predicted octanol–water partition coefficient (Wildman–Crippen LogP) is 2.77. The summed E-state index contributed by atoms with van der Waals surface area (Å²) in [5, 5.41) is 12.3. The lowest BCUT2D eigenvalue weighted by Gasteiger charge is -2.21. The molecule has 3 nitrogen and oxygen atoms in total. The van der Waals surface area contributed by atoms with Gasteiger partial charge in [0.2, 0.25) is 0 Å². The Morgan fingerprint density at radius 2 is 2.17 bits per heavy atom. The Morgan fingerprint density at radius 1 is 1.50 bits per heavy atom. The molecule has 1 unspecified atom stereocenters. The summed E-state index contributed by atoms with van der Waals surface area (Å²) in [6, 6.07) is 4.95. The minimum absolute atomic E-state index is 0.0451. The number of carbonyl (C=O) groups is 1. The predicted molar refractivity (Wildman–Crippen MR) is 76.5 cm³/mol. The van der Waals surface area contributed by atoms with Gasteiger partial charge in [-0.15, -0.1) is 12.6 Å². The van der Waals surface area contributed by atoms with Crippen molar-refractivity contribution in [1.82, 2.24) is 5.32 Å². The average molecular weight is 288 g/mol. The number of nitrogens with one attached hydrogen (secondary N) is 1. The highest BCUT2D eigenvalue weighted by Crippen LogP contribution is 2.20. The summed E-state index contributed by atoms with van der Waals surface area (Å²) in [4.78, 5) is 12.8. The molecule has 0 saturated heterocycles. The van der Waals surface area contributed by atoms with Crippen LogP contribution >= 0.6 is 24.2 Å². The molecule has 0 bridgehead atoms. The SMILES string of the molecule is CC(C)C(CCO)NC(=O)c1cc(S)ccc1Cl. The molecule has 0 spiro atoms. The maximum Gasteiger partial charge on any atom is 0.253 e. The topological polar surface area (TPSA) is 49.3 Å². The van der Waals surface area contributed by atoms with Crippen molar-refractivity contribution in [3.8, 4) is 0 Å². The number of hydrogen-bond donors (Lipinski definition) is 3. The Kier molecular flexibility index (Phi) is 5.99. The Hall–Kier alpha value is -0.710. The second kappa shape index (κ2) is 7.02. The third-order valence-corrected chi connectivity index (χ3v) is 3.36. The van der Waals surface area contributed by atoms with Crippen LogP contribution in [-0.4, -0.2) is 23.7 Å². The van der Waals surface area contributed by atoms with E-state index in [1.165, 1.54) is 0 Å². The van der Waals surface area contributed by atoms with E-state index < -0.39 is 0 Å². The fourth-order valence-electron chi connectivity index (χ4n) is 1.64. The van der Waals surface area contributed by atoms with Crippen LogP contribution in [0.15, 0.2) is 23.1 Å². The lowest BCUT2D eigenvalue weighted by molar-refractivity contribution is 0.0916. The fraction of sp³-hybridized carbons (Fsp3) is 0.462. The van der Waals surface area contributed by atoms with E-state index in [-0.39, 0.29) is 24.5 Å². The van der Waals surface area contributed by atoms with Crippen LogP contribution in [0, 0.1) is 5.92 Å². The van der Waals surface area contributed by atoms with Crippen molar-refractivity contribution in [3.63, 3.8) is 0 Å². The number of benzene rings is 1. The number of halogens is 1. The van der Waals surface area contributed by atoms with Gasteiger partial charge in [-0.3, -0.25) is 4.79 Å². The van der Waals surface area contributed by atoms with E-state index in [1.54, 1.807) is 18.2 Å². The van der Waals surface area contributed by atoms with Crippen molar-refractivity contribution in [3.05, 3.63) is 28.8 Å². The normalized spacial score (nSPS) is 12.6. The number of hydrogen-bond acceptors (Lipinski definition) is 3. The first-order chi connectivity index (χ1) is 8.45. The molecule has 1 atom stereocenters. The standard InChI is InChI=1S/C13H18ClNO2S/c1-8(2)12(5-6-16)15-13(17)10-7-9(18)3-4-11(10)14/h3-4,7-8,12,16,18H,5-6H2,1-2H3,(H,15,17). The van der Waals surface area contributed by atoms with E-state index in [0.717, 1.165) is 0 Å². The number of rotatable bonds is 5. The van der Waals surface area contributed by atoms with Gasteiger partial charge >= 0.3 is 0 Å². The number of thiol groups is 1. The van der Waals surface area contributed by atoms with Crippen molar-refractivity contribution in [2.75, 3.05) is 6.61 Å². The minimum Gasteiger partial charge on any atom is -0.396 e. The summed E-state index contributed by atoms with van der Waals surface area (Å²) in [6.45, 7) is 4.04. The zero-order valence-corrected chi connectivity index (χ0v) is 12.1. The fourth-order valence-corrected chi connectivity index (χ4v) is 2.05. The minimum atomic E-state index is -0.233. The number of amides is 1. The van der Waals surface area contributed by atoms with Gasteiger partial charge in [-0.1, -0.05) is 25.4 Å². The van der Waals surface area contributed by atoms with Gasteiger partial charge in [-0.05, 0) is 30.5 Å². The zero-order chi connectivity index (χ0) is 13.7. The largest absolute Gasteiger partial charge is 0.396 e. The van der Waals surface area contributed by atoms with Crippen molar-refractivity contribution < 1.29 is 9.90 Å². The molecule has 0 aromatic heterocycles. The van der Waals surface area contributed by atoms with E-state index in [0.29, 0.717) is 21.9 Å².